The molecule has 1 aliphatic heterocycles. The Labute approximate surface area is 148 Å². The third-order valence-electron chi connectivity index (χ3n) is 3.17. The van der Waals surface area contributed by atoms with E-state index in [1.807, 2.05) is 6.92 Å². The summed E-state index contributed by atoms with van der Waals surface area (Å²) in [7, 11) is 0. The fraction of sp³-hybridized carbons (Fsp3) is 0.267. The zero-order chi connectivity index (χ0) is 17.7. The van der Waals surface area contributed by atoms with Gasteiger partial charge in [-0.1, -0.05) is 37.2 Å². The maximum absolute atomic E-state index is 12.3. The van der Waals surface area contributed by atoms with E-state index in [1.165, 1.54) is 24.3 Å². The Hall–Kier alpha value is -2.26. The van der Waals surface area contributed by atoms with Gasteiger partial charge in [0.1, 0.15) is 0 Å². The predicted octanol–water partition coefficient (Wildman–Crippen LogP) is 3.02. The van der Waals surface area contributed by atoms with E-state index >= 15 is 0 Å². The van der Waals surface area contributed by atoms with Crippen LogP contribution in [0, 0.1) is 10.1 Å². The Morgan fingerprint density at radius 2 is 2.25 bits per heavy atom. The standard InChI is InChI=1S/C15H15N3O4S2/c1-2-3-7-13(19)16-17-14(20)12(24-15(17)23)9-10-5-4-6-11(8-10)18(21)22/h4-6,8-9H,2-3,7H2,1H3,(H,16,19)/b12-9+. The van der Waals surface area contributed by atoms with Gasteiger partial charge < -0.3 is 0 Å². The highest BCUT2D eigenvalue weighted by atomic mass is 32.2. The van der Waals surface area contributed by atoms with Crippen LogP contribution in [0.2, 0.25) is 0 Å². The highest BCUT2D eigenvalue weighted by Gasteiger charge is 2.33. The van der Waals surface area contributed by atoms with Crippen LogP contribution in [0.25, 0.3) is 6.08 Å². The number of non-ortho nitro benzene ring substituents is 1. The summed E-state index contributed by atoms with van der Waals surface area (Å²) < 4.78 is 0.224. The van der Waals surface area contributed by atoms with Gasteiger partial charge in [-0.05, 0) is 30.3 Å². The molecule has 0 aliphatic carbocycles. The summed E-state index contributed by atoms with van der Waals surface area (Å²) in [4.78, 5) is 34.7. The first-order chi connectivity index (χ1) is 11.4. The molecule has 0 unspecified atom stereocenters. The van der Waals surface area contributed by atoms with Gasteiger partial charge in [0.15, 0.2) is 4.32 Å². The lowest BCUT2D eigenvalue weighted by molar-refractivity contribution is -0.384. The second kappa shape index (κ2) is 8.02. The molecule has 1 aliphatic rings. The van der Waals surface area contributed by atoms with Crippen LogP contribution < -0.4 is 5.43 Å². The minimum absolute atomic E-state index is 0.0629. The van der Waals surface area contributed by atoms with Crippen LogP contribution in [0.1, 0.15) is 31.7 Å². The summed E-state index contributed by atoms with van der Waals surface area (Å²) in [5, 5.41) is 11.8. The average molecular weight is 365 g/mol. The number of hydrogen-bond acceptors (Lipinski definition) is 6. The summed E-state index contributed by atoms with van der Waals surface area (Å²) in [6, 6.07) is 5.93. The number of amides is 2. The van der Waals surface area contributed by atoms with Gasteiger partial charge in [0.2, 0.25) is 5.91 Å². The number of benzene rings is 1. The van der Waals surface area contributed by atoms with Crippen molar-refractivity contribution in [1.29, 1.82) is 0 Å². The Kier molecular flexibility index (Phi) is 6.04. The first-order valence-corrected chi connectivity index (χ1v) is 8.46. The molecule has 1 N–H and O–H groups in total. The molecule has 2 rings (SSSR count). The van der Waals surface area contributed by atoms with Gasteiger partial charge in [-0.25, -0.2) is 0 Å². The molecule has 0 spiro atoms. The molecule has 1 aromatic carbocycles. The molecule has 0 atom stereocenters. The summed E-state index contributed by atoms with van der Waals surface area (Å²) in [5.41, 5.74) is 2.95. The van der Waals surface area contributed by atoms with Crippen LogP contribution >= 0.6 is 24.0 Å². The second-order valence-electron chi connectivity index (χ2n) is 5.01. The van der Waals surface area contributed by atoms with E-state index in [9.17, 15) is 19.7 Å². The van der Waals surface area contributed by atoms with E-state index < -0.39 is 10.8 Å². The van der Waals surface area contributed by atoms with Crippen LogP contribution in [0.5, 0.6) is 0 Å². The molecule has 126 valence electrons. The van der Waals surface area contributed by atoms with Crippen LogP contribution in [-0.2, 0) is 9.59 Å². The monoisotopic (exact) mass is 365 g/mol. The smallest absolute Gasteiger partial charge is 0.273 e. The zero-order valence-electron chi connectivity index (χ0n) is 12.9. The maximum atomic E-state index is 12.3. The zero-order valence-corrected chi connectivity index (χ0v) is 14.5. The van der Waals surface area contributed by atoms with Crippen molar-refractivity contribution in [2.24, 2.45) is 0 Å². The summed E-state index contributed by atoms with van der Waals surface area (Å²) in [6.45, 7) is 1.97. The van der Waals surface area contributed by atoms with E-state index in [0.717, 1.165) is 29.6 Å². The number of carbonyl (C=O) groups excluding carboxylic acids is 2. The second-order valence-corrected chi connectivity index (χ2v) is 6.68. The summed E-state index contributed by atoms with van der Waals surface area (Å²) >= 11 is 6.15. The Morgan fingerprint density at radius 1 is 1.50 bits per heavy atom. The third-order valence-corrected chi connectivity index (χ3v) is 4.47. The first kappa shape index (κ1) is 18.1. The van der Waals surface area contributed by atoms with Gasteiger partial charge in [-0.3, -0.25) is 25.1 Å². The third kappa shape index (κ3) is 4.39. The molecule has 1 aromatic rings. The van der Waals surface area contributed by atoms with Gasteiger partial charge in [0.05, 0.1) is 9.83 Å². The number of unbranched alkanes of at least 4 members (excludes halogenated alkanes) is 1. The molecule has 2 amide bonds. The highest BCUT2D eigenvalue weighted by Crippen LogP contribution is 2.31. The Balaban J connectivity index is 2.14. The number of carbonyl (C=O) groups is 2. The van der Waals surface area contributed by atoms with Crippen molar-refractivity contribution in [2.45, 2.75) is 26.2 Å². The lowest BCUT2D eigenvalue weighted by Gasteiger charge is -2.15. The van der Waals surface area contributed by atoms with E-state index in [2.05, 4.69) is 5.43 Å². The largest absolute Gasteiger partial charge is 0.285 e. The van der Waals surface area contributed by atoms with E-state index in [-0.39, 0.29) is 15.9 Å². The fourth-order valence-electron chi connectivity index (χ4n) is 1.96. The van der Waals surface area contributed by atoms with Gasteiger partial charge >= 0.3 is 0 Å². The topological polar surface area (TPSA) is 92.6 Å². The number of thioether (sulfide) groups is 1. The number of rotatable bonds is 6. The van der Waals surface area contributed by atoms with Crippen molar-refractivity contribution in [2.75, 3.05) is 0 Å². The van der Waals surface area contributed by atoms with Crippen molar-refractivity contribution in [3.63, 3.8) is 0 Å². The lowest BCUT2D eigenvalue weighted by atomic mass is 10.2. The summed E-state index contributed by atoms with van der Waals surface area (Å²) in [6.07, 6.45) is 3.44. The molecule has 0 radical (unpaired) electrons. The molecule has 7 nitrogen and oxygen atoms in total. The fourth-order valence-corrected chi connectivity index (χ4v) is 3.14. The average Bonchev–Trinajstić information content (AvgIpc) is 2.80. The minimum atomic E-state index is -0.503. The molecular formula is C15H15N3O4S2. The van der Waals surface area contributed by atoms with E-state index in [0.29, 0.717) is 16.9 Å². The predicted molar refractivity (Wildman–Crippen MR) is 95.8 cm³/mol. The number of nitro groups is 1. The van der Waals surface area contributed by atoms with Crippen molar-refractivity contribution >= 4 is 51.9 Å². The molecule has 0 aromatic heterocycles. The number of nitrogens with one attached hydrogen (secondary N) is 1. The SMILES string of the molecule is CCCCC(=O)NN1C(=O)/C(=C\c2cccc([N+](=O)[O-])c2)SC1=S. The molecule has 24 heavy (non-hydrogen) atoms. The van der Waals surface area contributed by atoms with Gasteiger partial charge in [-0.2, -0.15) is 5.01 Å². The molecule has 9 heteroatoms. The summed E-state index contributed by atoms with van der Waals surface area (Å²) in [5.74, 6) is -0.717. The number of hydrogen-bond donors (Lipinski definition) is 1. The van der Waals surface area contributed by atoms with Gasteiger partial charge in [0, 0.05) is 18.6 Å². The molecule has 1 saturated heterocycles. The van der Waals surface area contributed by atoms with Gasteiger partial charge in [-0.15, -0.1) is 0 Å². The van der Waals surface area contributed by atoms with Gasteiger partial charge in [0.25, 0.3) is 11.6 Å². The normalized spacial score (nSPS) is 15.9. The van der Waals surface area contributed by atoms with Crippen LogP contribution in [0.15, 0.2) is 29.2 Å². The lowest BCUT2D eigenvalue weighted by Crippen LogP contribution is -2.44. The molecular weight excluding hydrogens is 350 g/mol. The number of nitrogens with zero attached hydrogens (tertiary/aromatic N) is 2. The van der Waals surface area contributed by atoms with E-state index in [4.69, 9.17) is 12.2 Å². The van der Waals surface area contributed by atoms with Crippen molar-refractivity contribution in [3.8, 4) is 0 Å². The molecule has 0 saturated carbocycles. The maximum Gasteiger partial charge on any atom is 0.285 e. The molecule has 1 fully saturated rings. The number of nitro benzene ring substituents is 1. The first-order valence-electron chi connectivity index (χ1n) is 7.24. The van der Waals surface area contributed by atoms with Crippen LogP contribution in [0.4, 0.5) is 5.69 Å². The Morgan fingerprint density at radius 3 is 2.92 bits per heavy atom. The molecule has 0 bridgehead atoms. The van der Waals surface area contributed by atoms with Crippen molar-refractivity contribution in [1.82, 2.24) is 10.4 Å². The quantitative estimate of drug-likeness (QED) is 0.360. The van der Waals surface area contributed by atoms with E-state index in [1.54, 1.807) is 6.07 Å². The molecule has 1 heterocycles. The minimum Gasteiger partial charge on any atom is -0.273 e. The number of hydrazine groups is 1. The highest BCUT2D eigenvalue weighted by molar-refractivity contribution is 8.26. The van der Waals surface area contributed by atoms with Crippen molar-refractivity contribution in [3.05, 3.63) is 44.8 Å². The van der Waals surface area contributed by atoms with Crippen molar-refractivity contribution < 1.29 is 14.5 Å². The number of thiocarbonyl (C=S) groups is 1. The van der Waals surface area contributed by atoms with Crippen LogP contribution in [0.3, 0.4) is 0 Å². The van der Waals surface area contributed by atoms with Crippen LogP contribution in [-0.4, -0.2) is 26.1 Å². The Bertz CT molecular complexity index is 733.